The maximum Gasteiger partial charge on any atom is 0.401 e. The minimum atomic E-state index is -4.14. The van der Waals surface area contributed by atoms with E-state index in [9.17, 15) is 13.2 Å². The molecular weight excluding hydrogens is 333 g/mol. The molecule has 1 aromatic rings. The van der Waals surface area contributed by atoms with Gasteiger partial charge in [-0.2, -0.15) is 18.3 Å². The van der Waals surface area contributed by atoms with E-state index in [0.29, 0.717) is 32.0 Å². The van der Waals surface area contributed by atoms with Gasteiger partial charge in [0.15, 0.2) is 5.96 Å². The van der Waals surface area contributed by atoms with Crippen molar-refractivity contribution in [3.05, 3.63) is 17.0 Å². The summed E-state index contributed by atoms with van der Waals surface area (Å²) in [6, 6.07) is -0.0181. The molecule has 0 bridgehead atoms. The van der Waals surface area contributed by atoms with Crippen LogP contribution < -0.4 is 10.6 Å². The van der Waals surface area contributed by atoms with Gasteiger partial charge in [-0.1, -0.05) is 0 Å². The topological polar surface area (TPSA) is 57.5 Å². The Balaban J connectivity index is 1.78. The minimum absolute atomic E-state index is 0.0181. The molecule has 1 unspecified atom stereocenters. The third-order valence-corrected chi connectivity index (χ3v) is 4.57. The Bertz CT molecular complexity index is 608. The zero-order valence-electron chi connectivity index (χ0n) is 15.2. The highest BCUT2D eigenvalue weighted by Crippen LogP contribution is 2.19. The van der Waals surface area contributed by atoms with Crippen molar-refractivity contribution >= 4 is 5.96 Å². The molecule has 2 N–H and O–H groups in total. The van der Waals surface area contributed by atoms with Crippen LogP contribution in [0.5, 0.6) is 0 Å². The normalized spacial score (nSPS) is 19.5. The fraction of sp³-hybridized carbons (Fsp3) is 0.750. The van der Waals surface area contributed by atoms with Crippen LogP contribution in [0.2, 0.25) is 0 Å². The van der Waals surface area contributed by atoms with E-state index in [1.807, 2.05) is 25.6 Å². The summed E-state index contributed by atoms with van der Waals surface area (Å²) in [6.07, 6.45) is -2.65. The average molecular weight is 360 g/mol. The quantitative estimate of drug-likeness (QED) is 0.615. The molecule has 142 valence electrons. The van der Waals surface area contributed by atoms with Gasteiger partial charge in [-0.15, -0.1) is 0 Å². The summed E-state index contributed by atoms with van der Waals surface area (Å²) >= 11 is 0. The van der Waals surface area contributed by atoms with Crippen molar-refractivity contribution < 1.29 is 13.2 Å². The third-order valence-electron chi connectivity index (χ3n) is 4.57. The summed E-state index contributed by atoms with van der Waals surface area (Å²) in [6.45, 7) is 4.69. The van der Waals surface area contributed by atoms with Gasteiger partial charge in [-0.25, -0.2) is 0 Å². The SMILES string of the molecule is CN=C(NCCc1c(C)nn(C)c1C)NC1CCN(CC(F)(F)F)C1. The van der Waals surface area contributed by atoms with Crippen molar-refractivity contribution in [3.8, 4) is 0 Å². The number of likely N-dealkylation sites (tertiary alicyclic amines) is 1. The van der Waals surface area contributed by atoms with Gasteiger partial charge in [0, 0.05) is 45.5 Å². The van der Waals surface area contributed by atoms with Crippen molar-refractivity contribution in [2.75, 3.05) is 33.2 Å². The third kappa shape index (κ3) is 5.62. The number of nitrogens with one attached hydrogen (secondary N) is 2. The second-order valence-corrected chi connectivity index (χ2v) is 6.50. The number of aromatic nitrogens is 2. The van der Waals surface area contributed by atoms with Crippen LogP contribution in [0.1, 0.15) is 23.4 Å². The molecule has 9 heteroatoms. The van der Waals surface area contributed by atoms with Gasteiger partial charge in [0.25, 0.3) is 0 Å². The lowest BCUT2D eigenvalue weighted by Gasteiger charge is -2.19. The van der Waals surface area contributed by atoms with Crippen molar-refractivity contribution in [1.29, 1.82) is 0 Å². The first-order valence-corrected chi connectivity index (χ1v) is 8.45. The fourth-order valence-electron chi connectivity index (χ4n) is 3.22. The number of halogens is 3. The standard InChI is InChI=1S/C16H27F3N6/c1-11-14(12(2)24(4)23-11)5-7-21-15(20-3)22-13-6-8-25(9-13)10-16(17,18)19/h13H,5-10H2,1-4H3,(H2,20,21,22). The van der Waals surface area contributed by atoms with Crippen molar-refractivity contribution in [3.63, 3.8) is 0 Å². The number of hydrogen-bond acceptors (Lipinski definition) is 3. The maximum absolute atomic E-state index is 12.5. The van der Waals surface area contributed by atoms with Gasteiger partial charge in [0.1, 0.15) is 0 Å². The highest BCUT2D eigenvalue weighted by Gasteiger charge is 2.34. The van der Waals surface area contributed by atoms with E-state index in [1.54, 1.807) is 7.05 Å². The zero-order valence-corrected chi connectivity index (χ0v) is 15.2. The molecule has 2 heterocycles. The monoisotopic (exact) mass is 360 g/mol. The Morgan fingerprint density at radius 1 is 1.36 bits per heavy atom. The lowest BCUT2D eigenvalue weighted by Crippen LogP contribution is -2.45. The molecule has 1 fully saturated rings. The highest BCUT2D eigenvalue weighted by atomic mass is 19.4. The first-order valence-electron chi connectivity index (χ1n) is 8.45. The lowest BCUT2D eigenvalue weighted by molar-refractivity contribution is -0.143. The Morgan fingerprint density at radius 2 is 2.08 bits per heavy atom. The average Bonchev–Trinajstić information content (AvgIpc) is 3.03. The number of aliphatic imine (C=N–C) groups is 1. The van der Waals surface area contributed by atoms with Crippen LogP contribution >= 0.6 is 0 Å². The summed E-state index contributed by atoms with van der Waals surface area (Å²) in [5, 5.41) is 10.8. The van der Waals surface area contributed by atoms with Gasteiger partial charge in [-0.05, 0) is 32.3 Å². The van der Waals surface area contributed by atoms with Crippen LogP contribution in [0.25, 0.3) is 0 Å². The highest BCUT2D eigenvalue weighted by molar-refractivity contribution is 5.80. The summed E-state index contributed by atoms with van der Waals surface area (Å²) in [7, 11) is 3.59. The summed E-state index contributed by atoms with van der Waals surface area (Å²) < 4.78 is 39.2. The predicted octanol–water partition coefficient (Wildman–Crippen LogP) is 1.38. The van der Waals surface area contributed by atoms with Crippen LogP contribution in [0.15, 0.2) is 4.99 Å². The molecule has 0 radical (unpaired) electrons. The molecule has 25 heavy (non-hydrogen) atoms. The molecule has 1 atom stereocenters. The Labute approximate surface area is 146 Å². The predicted molar refractivity (Wildman–Crippen MR) is 91.8 cm³/mol. The first kappa shape index (κ1) is 19.6. The van der Waals surface area contributed by atoms with E-state index >= 15 is 0 Å². The molecule has 0 aromatic carbocycles. The molecule has 1 aliphatic heterocycles. The largest absolute Gasteiger partial charge is 0.401 e. The maximum atomic E-state index is 12.5. The number of hydrogen-bond donors (Lipinski definition) is 2. The molecule has 6 nitrogen and oxygen atoms in total. The second kappa shape index (κ2) is 8.07. The number of nitrogens with zero attached hydrogens (tertiary/aromatic N) is 4. The Hall–Kier alpha value is -1.77. The van der Waals surface area contributed by atoms with E-state index in [0.717, 1.165) is 17.8 Å². The van der Waals surface area contributed by atoms with Crippen LogP contribution in [-0.2, 0) is 13.5 Å². The van der Waals surface area contributed by atoms with Crippen LogP contribution in [0.3, 0.4) is 0 Å². The molecule has 1 aliphatic rings. The van der Waals surface area contributed by atoms with Crippen molar-refractivity contribution in [2.45, 2.75) is 38.9 Å². The Kier molecular flexibility index (Phi) is 6.31. The smallest absolute Gasteiger partial charge is 0.356 e. The molecule has 0 spiro atoms. The van der Waals surface area contributed by atoms with Crippen LogP contribution in [0, 0.1) is 13.8 Å². The van der Waals surface area contributed by atoms with Gasteiger partial charge >= 0.3 is 6.18 Å². The van der Waals surface area contributed by atoms with Crippen molar-refractivity contribution in [2.24, 2.45) is 12.0 Å². The van der Waals surface area contributed by atoms with Gasteiger partial charge in [0.2, 0.25) is 0 Å². The van der Waals surface area contributed by atoms with E-state index < -0.39 is 12.7 Å². The fourth-order valence-corrected chi connectivity index (χ4v) is 3.22. The Morgan fingerprint density at radius 3 is 2.64 bits per heavy atom. The van der Waals surface area contributed by atoms with E-state index in [1.165, 1.54) is 10.5 Å². The molecule has 0 saturated carbocycles. The summed E-state index contributed by atoms with van der Waals surface area (Å²) in [5.74, 6) is 0.623. The molecular formula is C16H27F3N6. The molecule has 1 saturated heterocycles. The van der Waals surface area contributed by atoms with Crippen LogP contribution in [-0.4, -0.2) is 66.1 Å². The molecule has 0 amide bonds. The number of guanidine groups is 1. The van der Waals surface area contributed by atoms with Crippen molar-refractivity contribution in [1.82, 2.24) is 25.3 Å². The molecule has 1 aromatic heterocycles. The van der Waals surface area contributed by atoms with E-state index in [2.05, 4.69) is 20.7 Å². The number of rotatable bonds is 5. The van der Waals surface area contributed by atoms with Gasteiger partial charge in [0.05, 0.1) is 12.2 Å². The number of aryl methyl sites for hydroxylation is 2. The minimum Gasteiger partial charge on any atom is -0.356 e. The molecule has 0 aliphatic carbocycles. The lowest BCUT2D eigenvalue weighted by atomic mass is 10.1. The number of alkyl halides is 3. The second-order valence-electron chi connectivity index (χ2n) is 6.50. The van der Waals surface area contributed by atoms with Gasteiger partial charge in [-0.3, -0.25) is 14.6 Å². The zero-order chi connectivity index (χ0) is 18.6. The summed E-state index contributed by atoms with van der Waals surface area (Å²) in [5.41, 5.74) is 3.37. The summed E-state index contributed by atoms with van der Waals surface area (Å²) in [4.78, 5) is 5.59. The van der Waals surface area contributed by atoms with Gasteiger partial charge < -0.3 is 10.6 Å². The van der Waals surface area contributed by atoms with E-state index in [4.69, 9.17) is 0 Å². The first-order chi connectivity index (χ1) is 11.7. The van der Waals surface area contributed by atoms with Crippen LogP contribution in [0.4, 0.5) is 13.2 Å². The molecule has 2 rings (SSSR count). The van der Waals surface area contributed by atoms with E-state index in [-0.39, 0.29) is 6.04 Å².